The third-order valence-corrected chi connectivity index (χ3v) is 4.31. The van der Waals surface area contributed by atoms with Gasteiger partial charge in [-0.2, -0.15) is 0 Å². The first-order valence-corrected chi connectivity index (χ1v) is 7.41. The molecule has 2 aliphatic rings. The molecule has 0 saturated carbocycles. The zero-order valence-electron chi connectivity index (χ0n) is 12.4. The highest BCUT2D eigenvalue weighted by molar-refractivity contribution is 5.83. The van der Waals surface area contributed by atoms with E-state index in [9.17, 15) is 9.59 Å². The first-order valence-electron chi connectivity index (χ1n) is 7.41. The van der Waals surface area contributed by atoms with Gasteiger partial charge in [-0.25, -0.2) is 4.79 Å². The van der Waals surface area contributed by atoms with Crippen LogP contribution >= 0.6 is 0 Å². The summed E-state index contributed by atoms with van der Waals surface area (Å²) in [6.07, 6.45) is 0.167. The molecular formula is C16H19NO5. The van der Waals surface area contributed by atoms with Crippen molar-refractivity contribution in [1.82, 2.24) is 4.90 Å². The highest BCUT2D eigenvalue weighted by Gasteiger charge is 2.37. The van der Waals surface area contributed by atoms with Crippen LogP contribution in [0.5, 0.6) is 5.75 Å². The second kappa shape index (κ2) is 5.96. The van der Waals surface area contributed by atoms with E-state index in [0.717, 1.165) is 17.7 Å². The molecule has 0 aromatic heterocycles. The Morgan fingerprint density at radius 3 is 2.73 bits per heavy atom. The van der Waals surface area contributed by atoms with E-state index >= 15 is 0 Å². The van der Waals surface area contributed by atoms with E-state index in [2.05, 4.69) is 0 Å². The lowest BCUT2D eigenvalue weighted by Gasteiger charge is -2.30. The summed E-state index contributed by atoms with van der Waals surface area (Å²) in [5.74, 6) is -0.336. The van der Waals surface area contributed by atoms with E-state index in [1.54, 1.807) is 12.0 Å². The van der Waals surface area contributed by atoms with E-state index in [1.165, 1.54) is 5.56 Å². The van der Waals surface area contributed by atoms with Crippen molar-refractivity contribution in [2.45, 2.75) is 38.0 Å². The van der Waals surface area contributed by atoms with Crippen molar-refractivity contribution < 1.29 is 24.2 Å². The molecule has 118 valence electrons. The summed E-state index contributed by atoms with van der Waals surface area (Å²) in [7, 11) is 1.62. The standard InChI is InChI=1S/C16H19NO5/c1-21-12-3-2-10-6-7-17(9-11(10)8-12)15(18)13-4-5-14(22-13)16(19)20/h2-3,8,13-14H,4-7,9H2,1H3,(H,19,20)/t13-,14+/m0/s1. The maximum absolute atomic E-state index is 12.5. The highest BCUT2D eigenvalue weighted by atomic mass is 16.5. The van der Waals surface area contributed by atoms with Crippen molar-refractivity contribution in [3.05, 3.63) is 29.3 Å². The molecule has 22 heavy (non-hydrogen) atoms. The molecule has 2 heterocycles. The van der Waals surface area contributed by atoms with Crippen LogP contribution in [0.25, 0.3) is 0 Å². The van der Waals surface area contributed by atoms with Crippen LogP contribution in [0.15, 0.2) is 18.2 Å². The first kappa shape index (κ1) is 14.8. The van der Waals surface area contributed by atoms with Gasteiger partial charge in [0.15, 0.2) is 6.10 Å². The molecule has 1 N–H and O–H groups in total. The number of rotatable bonds is 3. The molecule has 1 fully saturated rings. The third-order valence-electron chi connectivity index (χ3n) is 4.31. The van der Waals surface area contributed by atoms with Crippen LogP contribution in [0, 0.1) is 0 Å². The minimum atomic E-state index is -0.996. The summed E-state index contributed by atoms with van der Waals surface area (Å²) in [6, 6.07) is 5.90. The Kier molecular flexibility index (Phi) is 4.02. The minimum Gasteiger partial charge on any atom is -0.497 e. The number of benzene rings is 1. The lowest BCUT2D eigenvalue weighted by atomic mass is 9.99. The van der Waals surface area contributed by atoms with Gasteiger partial charge in [-0.05, 0) is 42.5 Å². The molecule has 3 rings (SSSR count). The predicted octanol–water partition coefficient (Wildman–Crippen LogP) is 1.21. The number of hydrogen-bond donors (Lipinski definition) is 1. The molecule has 0 radical (unpaired) electrons. The number of fused-ring (bicyclic) bond motifs is 1. The molecular weight excluding hydrogens is 286 g/mol. The molecule has 0 aliphatic carbocycles. The Bertz CT molecular complexity index is 600. The summed E-state index contributed by atoms with van der Waals surface area (Å²) < 4.78 is 10.6. The van der Waals surface area contributed by atoms with Gasteiger partial charge >= 0.3 is 5.97 Å². The van der Waals surface area contributed by atoms with Crippen molar-refractivity contribution in [3.8, 4) is 5.75 Å². The average molecular weight is 305 g/mol. The van der Waals surface area contributed by atoms with Crippen LogP contribution < -0.4 is 4.74 Å². The van der Waals surface area contributed by atoms with Gasteiger partial charge in [0.25, 0.3) is 5.91 Å². The molecule has 6 heteroatoms. The Morgan fingerprint density at radius 1 is 1.27 bits per heavy atom. The normalized spacial score (nSPS) is 24.0. The summed E-state index contributed by atoms with van der Waals surface area (Å²) in [5, 5.41) is 8.95. The Morgan fingerprint density at radius 2 is 2.05 bits per heavy atom. The van der Waals surface area contributed by atoms with Gasteiger partial charge in [0.2, 0.25) is 0 Å². The van der Waals surface area contributed by atoms with Crippen molar-refractivity contribution in [3.63, 3.8) is 0 Å². The van der Waals surface area contributed by atoms with E-state index in [1.807, 2.05) is 18.2 Å². The number of carboxylic acid groups (broad SMARTS) is 1. The van der Waals surface area contributed by atoms with Crippen LogP contribution in [0.3, 0.4) is 0 Å². The zero-order valence-corrected chi connectivity index (χ0v) is 12.4. The van der Waals surface area contributed by atoms with Gasteiger partial charge < -0.3 is 19.5 Å². The molecule has 1 aromatic rings. The number of amides is 1. The number of nitrogens with zero attached hydrogens (tertiary/aromatic N) is 1. The highest BCUT2D eigenvalue weighted by Crippen LogP contribution is 2.27. The van der Waals surface area contributed by atoms with Crippen molar-refractivity contribution in [2.24, 2.45) is 0 Å². The van der Waals surface area contributed by atoms with Crippen LogP contribution in [0.4, 0.5) is 0 Å². The van der Waals surface area contributed by atoms with E-state index in [-0.39, 0.29) is 5.91 Å². The second-order valence-corrected chi connectivity index (χ2v) is 5.67. The molecule has 0 spiro atoms. The summed E-state index contributed by atoms with van der Waals surface area (Å²) >= 11 is 0. The third kappa shape index (κ3) is 2.78. The molecule has 6 nitrogen and oxygen atoms in total. The van der Waals surface area contributed by atoms with Crippen molar-refractivity contribution >= 4 is 11.9 Å². The van der Waals surface area contributed by atoms with Gasteiger partial charge in [0.1, 0.15) is 11.9 Å². The molecule has 1 amide bonds. The molecule has 0 bridgehead atoms. The van der Waals surface area contributed by atoms with Gasteiger partial charge in [-0.1, -0.05) is 6.07 Å². The van der Waals surface area contributed by atoms with E-state index in [4.69, 9.17) is 14.6 Å². The Balaban J connectivity index is 1.69. The largest absolute Gasteiger partial charge is 0.497 e. The number of carboxylic acids is 1. The van der Waals surface area contributed by atoms with Gasteiger partial charge in [-0.3, -0.25) is 4.79 Å². The first-order chi connectivity index (χ1) is 10.6. The van der Waals surface area contributed by atoms with Gasteiger partial charge in [0.05, 0.1) is 7.11 Å². The fourth-order valence-electron chi connectivity index (χ4n) is 3.05. The van der Waals surface area contributed by atoms with Crippen LogP contribution in [-0.4, -0.2) is 47.7 Å². The quantitative estimate of drug-likeness (QED) is 0.908. The van der Waals surface area contributed by atoms with Gasteiger partial charge in [-0.15, -0.1) is 0 Å². The maximum Gasteiger partial charge on any atom is 0.332 e. The number of carbonyl (C=O) groups excluding carboxylic acids is 1. The summed E-state index contributed by atoms with van der Waals surface area (Å²) in [4.78, 5) is 25.2. The lowest BCUT2D eigenvalue weighted by Crippen LogP contribution is -2.42. The van der Waals surface area contributed by atoms with Gasteiger partial charge in [0, 0.05) is 13.1 Å². The summed E-state index contributed by atoms with van der Waals surface area (Å²) in [6.45, 7) is 1.15. The molecule has 1 saturated heterocycles. The van der Waals surface area contributed by atoms with Crippen LogP contribution in [0.2, 0.25) is 0 Å². The number of methoxy groups -OCH3 is 1. The predicted molar refractivity (Wildman–Crippen MR) is 77.6 cm³/mol. The number of aliphatic carboxylic acids is 1. The smallest absolute Gasteiger partial charge is 0.332 e. The fourth-order valence-corrected chi connectivity index (χ4v) is 3.05. The summed E-state index contributed by atoms with van der Waals surface area (Å²) in [5.41, 5.74) is 2.30. The monoisotopic (exact) mass is 305 g/mol. The molecule has 2 atom stereocenters. The Hall–Kier alpha value is -2.08. The fraction of sp³-hybridized carbons (Fsp3) is 0.500. The topological polar surface area (TPSA) is 76.1 Å². The zero-order chi connectivity index (χ0) is 15.7. The molecule has 0 unspecified atom stereocenters. The van der Waals surface area contributed by atoms with Crippen LogP contribution in [0.1, 0.15) is 24.0 Å². The number of hydrogen-bond acceptors (Lipinski definition) is 4. The van der Waals surface area contributed by atoms with E-state index < -0.39 is 18.2 Å². The Labute approximate surface area is 128 Å². The average Bonchev–Trinajstić information content (AvgIpc) is 3.03. The number of ether oxygens (including phenoxy) is 2. The molecule has 1 aromatic carbocycles. The van der Waals surface area contributed by atoms with Crippen LogP contribution in [-0.2, 0) is 27.3 Å². The lowest BCUT2D eigenvalue weighted by molar-refractivity contribution is -0.155. The molecule has 2 aliphatic heterocycles. The maximum atomic E-state index is 12.5. The van der Waals surface area contributed by atoms with E-state index in [0.29, 0.717) is 25.9 Å². The SMILES string of the molecule is COc1ccc2c(c1)CN(C(=O)[C@@H]1CC[C@H](C(=O)O)O1)CC2. The van der Waals surface area contributed by atoms with Crippen molar-refractivity contribution in [1.29, 1.82) is 0 Å². The number of carbonyl (C=O) groups is 2. The van der Waals surface area contributed by atoms with Crippen molar-refractivity contribution in [2.75, 3.05) is 13.7 Å². The second-order valence-electron chi connectivity index (χ2n) is 5.67. The minimum absolute atomic E-state index is 0.114.